The highest BCUT2D eigenvalue weighted by Gasteiger charge is 2.27. The van der Waals surface area contributed by atoms with Gasteiger partial charge < -0.3 is 10.2 Å². The molecule has 5 heteroatoms. The summed E-state index contributed by atoms with van der Waals surface area (Å²) in [4.78, 5) is 14.7. The number of hydrogen-bond acceptors (Lipinski definition) is 3. The Balaban J connectivity index is 1.42. The monoisotopic (exact) mass is 331 g/mol. The van der Waals surface area contributed by atoms with Gasteiger partial charge in [0.1, 0.15) is 0 Å². The molecule has 1 aromatic carbocycles. The van der Waals surface area contributed by atoms with Crippen molar-refractivity contribution in [3.05, 3.63) is 28.3 Å². The third-order valence-electron chi connectivity index (χ3n) is 5.40. The Labute approximate surface area is 142 Å². The molecule has 0 bridgehead atoms. The van der Waals surface area contributed by atoms with E-state index >= 15 is 0 Å². The van der Waals surface area contributed by atoms with Gasteiger partial charge in [-0.05, 0) is 79.3 Å². The van der Waals surface area contributed by atoms with Gasteiger partial charge in [0.2, 0.25) is 0 Å². The van der Waals surface area contributed by atoms with Crippen molar-refractivity contribution in [2.75, 3.05) is 25.0 Å². The van der Waals surface area contributed by atoms with Gasteiger partial charge in [-0.25, -0.2) is 4.79 Å². The zero-order chi connectivity index (χ0) is 15.8. The summed E-state index contributed by atoms with van der Waals surface area (Å²) in [5, 5.41) is 3.72. The highest BCUT2D eigenvalue weighted by atomic mass is 32.2. The lowest BCUT2D eigenvalue weighted by molar-refractivity contribution is 0.201. The Morgan fingerprint density at radius 2 is 1.83 bits per heavy atom. The summed E-state index contributed by atoms with van der Waals surface area (Å²) in [7, 11) is 0. The van der Waals surface area contributed by atoms with Crippen LogP contribution in [0.15, 0.2) is 6.07 Å². The van der Waals surface area contributed by atoms with Crippen LogP contribution >= 0.6 is 11.9 Å². The maximum Gasteiger partial charge on any atom is 0.329 e. The lowest BCUT2D eigenvalue weighted by Gasteiger charge is -2.37. The van der Waals surface area contributed by atoms with Gasteiger partial charge in [0.05, 0.1) is 5.25 Å². The van der Waals surface area contributed by atoms with Gasteiger partial charge in [0.25, 0.3) is 0 Å². The summed E-state index contributed by atoms with van der Waals surface area (Å²) in [6.45, 7) is 5.44. The molecule has 1 heterocycles. The smallest absolute Gasteiger partial charge is 0.307 e. The molecule has 1 aromatic rings. The van der Waals surface area contributed by atoms with E-state index in [1.54, 1.807) is 11.9 Å². The molecular weight excluding hydrogens is 306 g/mol. The minimum absolute atomic E-state index is 0.0562. The number of rotatable bonds is 4. The van der Waals surface area contributed by atoms with Crippen LogP contribution in [0.4, 0.5) is 10.5 Å². The third kappa shape index (κ3) is 2.96. The number of fused-ring (bicyclic) bond motifs is 2. The van der Waals surface area contributed by atoms with Crippen LogP contribution in [0.25, 0.3) is 0 Å². The van der Waals surface area contributed by atoms with E-state index < -0.39 is 0 Å². The van der Waals surface area contributed by atoms with Crippen LogP contribution in [0.3, 0.4) is 0 Å². The zero-order valence-corrected chi connectivity index (χ0v) is 14.6. The van der Waals surface area contributed by atoms with Gasteiger partial charge in [-0.3, -0.25) is 4.72 Å². The fourth-order valence-corrected chi connectivity index (χ4v) is 4.99. The highest BCUT2D eigenvalue weighted by molar-refractivity contribution is 7.98. The molecule has 124 valence electrons. The maximum absolute atomic E-state index is 12.4. The SMILES string of the molecule is CCN1CC(SNC(=O)Nc2c3c(cc4c2CCC4)CCC3)C1. The van der Waals surface area contributed by atoms with Crippen LogP contribution in [0.1, 0.15) is 42.0 Å². The normalized spacial score (nSPS) is 20.0. The first-order valence-corrected chi connectivity index (χ1v) is 9.74. The van der Waals surface area contributed by atoms with Crippen molar-refractivity contribution in [3.8, 4) is 0 Å². The largest absolute Gasteiger partial charge is 0.329 e. The molecule has 0 aromatic heterocycles. The number of amides is 2. The van der Waals surface area contributed by atoms with Gasteiger partial charge in [-0.2, -0.15) is 0 Å². The summed E-state index contributed by atoms with van der Waals surface area (Å²) in [5.41, 5.74) is 6.85. The van der Waals surface area contributed by atoms with Gasteiger partial charge in [-0.1, -0.05) is 13.0 Å². The minimum atomic E-state index is -0.0562. The van der Waals surface area contributed by atoms with Crippen molar-refractivity contribution in [2.45, 2.75) is 50.7 Å². The molecule has 3 aliphatic rings. The van der Waals surface area contributed by atoms with Gasteiger partial charge in [-0.15, -0.1) is 0 Å². The second kappa shape index (κ2) is 6.36. The van der Waals surface area contributed by atoms with Crippen LogP contribution < -0.4 is 10.0 Å². The summed E-state index contributed by atoms with van der Waals surface area (Å²) in [6.07, 6.45) is 7.00. The maximum atomic E-state index is 12.4. The molecule has 0 spiro atoms. The lowest BCUT2D eigenvalue weighted by atomic mass is 9.99. The number of likely N-dealkylation sites (tertiary alicyclic amines) is 1. The average Bonchev–Trinajstić information content (AvgIpc) is 3.14. The zero-order valence-electron chi connectivity index (χ0n) is 13.8. The van der Waals surface area contributed by atoms with Gasteiger partial charge in [0.15, 0.2) is 0 Å². The molecule has 1 fully saturated rings. The first kappa shape index (κ1) is 15.3. The second-order valence-electron chi connectivity index (χ2n) is 6.88. The lowest BCUT2D eigenvalue weighted by Crippen LogP contribution is -2.50. The van der Waals surface area contributed by atoms with Crippen LogP contribution in [0.5, 0.6) is 0 Å². The molecule has 1 saturated heterocycles. The molecular formula is C18H25N3OS. The van der Waals surface area contributed by atoms with E-state index in [9.17, 15) is 4.79 Å². The minimum Gasteiger partial charge on any atom is -0.307 e. The summed E-state index contributed by atoms with van der Waals surface area (Å²) in [6, 6.07) is 2.34. The molecule has 0 atom stereocenters. The first-order chi connectivity index (χ1) is 11.2. The van der Waals surface area contributed by atoms with Crippen LogP contribution in [-0.2, 0) is 25.7 Å². The van der Waals surface area contributed by atoms with E-state index in [4.69, 9.17) is 0 Å². The molecule has 0 saturated carbocycles. The Morgan fingerprint density at radius 3 is 2.43 bits per heavy atom. The van der Waals surface area contributed by atoms with Gasteiger partial charge >= 0.3 is 6.03 Å². The Morgan fingerprint density at radius 1 is 1.17 bits per heavy atom. The van der Waals surface area contributed by atoms with E-state index in [-0.39, 0.29) is 6.03 Å². The average molecular weight is 331 g/mol. The third-order valence-corrected chi connectivity index (χ3v) is 6.34. The summed E-state index contributed by atoms with van der Waals surface area (Å²) in [5.74, 6) is 0. The van der Waals surface area contributed by atoms with Gasteiger partial charge in [0, 0.05) is 18.8 Å². The quantitative estimate of drug-likeness (QED) is 0.833. The number of hydrogen-bond donors (Lipinski definition) is 2. The molecule has 23 heavy (non-hydrogen) atoms. The predicted molar refractivity (Wildman–Crippen MR) is 96.1 cm³/mol. The Bertz CT molecular complexity index is 593. The summed E-state index contributed by atoms with van der Waals surface area (Å²) >= 11 is 1.57. The second-order valence-corrected chi connectivity index (χ2v) is 7.99. The van der Waals surface area contributed by atoms with E-state index in [1.807, 2.05) is 0 Å². The fraction of sp³-hybridized carbons (Fsp3) is 0.611. The number of benzene rings is 1. The van der Waals surface area contributed by atoms with Crippen LogP contribution in [-0.4, -0.2) is 35.8 Å². The Kier molecular flexibility index (Phi) is 4.24. The predicted octanol–water partition coefficient (Wildman–Crippen LogP) is 3.14. The highest BCUT2D eigenvalue weighted by Crippen LogP contribution is 2.38. The van der Waals surface area contributed by atoms with Crippen molar-refractivity contribution in [1.82, 2.24) is 9.62 Å². The topological polar surface area (TPSA) is 44.4 Å². The number of urea groups is 1. The molecule has 2 amide bonds. The molecule has 1 aliphatic heterocycles. The molecule has 4 nitrogen and oxygen atoms in total. The van der Waals surface area contributed by atoms with E-state index in [2.05, 4.69) is 27.9 Å². The summed E-state index contributed by atoms with van der Waals surface area (Å²) < 4.78 is 3.00. The number of anilines is 1. The van der Waals surface area contributed by atoms with Crippen molar-refractivity contribution >= 4 is 23.7 Å². The van der Waals surface area contributed by atoms with E-state index in [0.29, 0.717) is 5.25 Å². The molecule has 0 radical (unpaired) electrons. The van der Waals surface area contributed by atoms with E-state index in [0.717, 1.165) is 38.2 Å². The number of nitrogens with zero attached hydrogens (tertiary/aromatic N) is 1. The van der Waals surface area contributed by atoms with Crippen LogP contribution in [0, 0.1) is 0 Å². The first-order valence-electron chi connectivity index (χ1n) is 8.86. The molecule has 2 N–H and O–H groups in total. The number of carbonyl (C=O) groups is 1. The van der Waals surface area contributed by atoms with Crippen molar-refractivity contribution in [3.63, 3.8) is 0 Å². The van der Waals surface area contributed by atoms with Crippen molar-refractivity contribution < 1.29 is 4.79 Å². The standard InChI is InChI=1S/C18H25N3OS/c1-2-21-10-14(11-21)23-20-18(22)19-17-15-7-3-5-12(15)9-13-6-4-8-16(13)17/h9,14H,2-8,10-11H2,1H3,(H2,19,20,22). The molecule has 0 unspecified atom stereocenters. The number of carbonyl (C=O) groups excluding carboxylic acids is 1. The molecule has 2 aliphatic carbocycles. The number of aryl methyl sites for hydroxylation is 2. The van der Waals surface area contributed by atoms with Crippen LogP contribution in [0.2, 0.25) is 0 Å². The van der Waals surface area contributed by atoms with Crippen molar-refractivity contribution in [2.24, 2.45) is 0 Å². The fourth-order valence-electron chi connectivity index (χ4n) is 4.10. The Hall–Kier alpha value is -1.20. The number of nitrogens with one attached hydrogen (secondary N) is 2. The van der Waals surface area contributed by atoms with Crippen molar-refractivity contribution in [1.29, 1.82) is 0 Å². The van der Waals surface area contributed by atoms with E-state index in [1.165, 1.54) is 47.9 Å². The molecule has 4 rings (SSSR count).